The van der Waals surface area contributed by atoms with Gasteiger partial charge in [-0.15, -0.1) is 0 Å². The van der Waals surface area contributed by atoms with Gasteiger partial charge < -0.3 is 19.7 Å². The van der Waals surface area contributed by atoms with E-state index < -0.39 is 11.2 Å². The van der Waals surface area contributed by atoms with Crippen LogP contribution in [-0.2, 0) is 21.5 Å². The Morgan fingerprint density at radius 3 is 2.42 bits per heavy atom. The molecule has 1 saturated heterocycles. The highest BCUT2D eigenvalue weighted by atomic mass is 32.2. The number of aromatic nitrogens is 1. The van der Waals surface area contributed by atoms with E-state index in [1.807, 2.05) is 0 Å². The van der Waals surface area contributed by atoms with Crippen LogP contribution in [0.1, 0.15) is 50.5 Å². The van der Waals surface area contributed by atoms with Crippen LogP contribution in [-0.4, -0.2) is 81.7 Å². The average Bonchev–Trinajstić information content (AvgIpc) is 3.12. The largest absolute Gasteiger partial charge is 0.610 e. The van der Waals surface area contributed by atoms with Gasteiger partial charge in [0, 0.05) is 35.9 Å². The second kappa shape index (κ2) is 10.9. The molecule has 9 heteroatoms. The number of urea groups is 1. The van der Waals surface area contributed by atoms with Gasteiger partial charge in [-0.3, -0.25) is 9.69 Å². The molecule has 38 heavy (non-hydrogen) atoms. The number of carbonyl (C=O) groups excluding carboxylic acids is 2. The minimum absolute atomic E-state index is 0.0135. The lowest BCUT2D eigenvalue weighted by atomic mass is 9.68. The summed E-state index contributed by atoms with van der Waals surface area (Å²) < 4.78 is 11.8. The third-order valence-corrected chi connectivity index (χ3v) is 9.84. The monoisotopic (exact) mass is 537 g/mol. The van der Waals surface area contributed by atoms with Gasteiger partial charge in [0.1, 0.15) is 18.6 Å². The van der Waals surface area contributed by atoms with E-state index >= 15 is 0 Å². The molecular weight excluding hydrogens is 498 g/mol. The van der Waals surface area contributed by atoms with Crippen LogP contribution in [0.15, 0.2) is 53.6 Å². The van der Waals surface area contributed by atoms with E-state index in [2.05, 4.69) is 64.5 Å². The molecular formula is C29H39N5O3S. The van der Waals surface area contributed by atoms with Crippen molar-refractivity contribution in [1.29, 1.82) is 0 Å². The van der Waals surface area contributed by atoms with Gasteiger partial charge in [-0.25, -0.2) is 4.79 Å². The summed E-state index contributed by atoms with van der Waals surface area (Å²) in [5.41, 5.74) is 1.02. The molecule has 8 nitrogen and oxygen atoms in total. The molecule has 5 rings (SSSR count). The number of hydrogen-bond acceptors (Lipinski definition) is 5. The molecule has 2 aromatic rings. The van der Waals surface area contributed by atoms with E-state index in [4.69, 9.17) is 0 Å². The van der Waals surface area contributed by atoms with E-state index in [-0.39, 0.29) is 29.6 Å². The molecule has 3 aliphatic rings. The minimum Gasteiger partial charge on any atom is -0.610 e. The molecule has 3 fully saturated rings. The summed E-state index contributed by atoms with van der Waals surface area (Å²) in [6, 6.07) is 15.8. The number of nitrogens with zero attached hydrogens (tertiary/aromatic N) is 4. The molecule has 1 spiro atoms. The van der Waals surface area contributed by atoms with E-state index in [0.29, 0.717) is 23.3 Å². The molecule has 0 radical (unpaired) electrons. The maximum Gasteiger partial charge on any atom is 0.321 e. The van der Waals surface area contributed by atoms with Crippen molar-refractivity contribution in [1.82, 2.24) is 19.7 Å². The highest BCUT2D eigenvalue weighted by Crippen LogP contribution is 2.49. The van der Waals surface area contributed by atoms with Gasteiger partial charge in [-0.05, 0) is 70.2 Å². The first kappa shape index (κ1) is 27.0. The lowest BCUT2D eigenvalue weighted by Gasteiger charge is -2.51. The molecule has 2 heterocycles. The topological polar surface area (TPSA) is 91.8 Å². The van der Waals surface area contributed by atoms with Crippen LogP contribution in [0.25, 0.3) is 0 Å². The van der Waals surface area contributed by atoms with E-state index in [1.165, 1.54) is 24.8 Å². The molecule has 204 valence electrons. The number of hydrogen-bond donors (Lipinski definition) is 1. The maximum absolute atomic E-state index is 13.8. The Bertz CT molecular complexity index is 1150. The van der Waals surface area contributed by atoms with Crippen molar-refractivity contribution in [3.63, 3.8) is 0 Å². The van der Waals surface area contributed by atoms with Crippen molar-refractivity contribution in [3.8, 4) is 0 Å². The molecule has 1 N–H and O–H groups in total. The van der Waals surface area contributed by atoms with Crippen molar-refractivity contribution < 1.29 is 14.1 Å². The summed E-state index contributed by atoms with van der Waals surface area (Å²) in [5, 5.41) is 3.21. The van der Waals surface area contributed by atoms with Gasteiger partial charge in [-0.1, -0.05) is 42.8 Å². The van der Waals surface area contributed by atoms with Gasteiger partial charge in [0.2, 0.25) is 10.9 Å². The molecule has 1 aromatic heterocycles. The van der Waals surface area contributed by atoms with Crippen LogP contribution in [0.5, 0.6) is 0 Å². The Labute approximate surface area is 229 Å². The van der Waals surface area contributed by atoms with Crippen LogP contribution in [0.3, 0.4) is 0 Å². The van der Waals surface area contributed by atoms with Crippen molar-refractivity contribution in [2.24, 2.45) is 5.92 Å². The zero-order valence-electron chi connectivity index (χ0n) is 22.7. The zero-order valence-corrected chi connectivity index (χ0v) is 23.5. The van der Waals surface area contributed by atoms with Gasteiger partial charge in [0.05, 0.1) is 5.54 Å². The van der Waals surface area contributed by atoms with Crippen molar-refractivity contribution in [3.05, 3.63) is 54.1 Å². The van der Waals surface area contributed by atoms with Crippen molar-refractivity contribution in [2.75, 3.05) is 45.3 Å². The third kappa shape index (κ3) is 5.16. The SMILES string of the molecule is CN(C)[C@]1(c2ccccc2)CC[C@@]2(CC1)CN(CC(=O)Nc1cccc([S+](C)[O-])n1)C(=O)N2CC1CCC1. The van der Waals surface area contributed by atoms with Gasteiger partial charge in [0.15, 0.2) is 0 Å². The number of nitrogens with one attached hydrogen (secondary N) is 1. The van der Waals surface area contributed by atoms with Gasteiger partial charge >= 0.3 is 6.03 Å². The fraction of sp³-hybridized carbons (Fsp3) is 0.552. The molecule has 2 aliphatic carbocycles. The van der Waals surface area contributed by atoms with E-state index in [9.17, 15) is 14.1 Å². The summed E-state index contributed by atoms with van der Waals surface area (Å²) in [7, 11) is 4.31. The first-order valence-electron chi connectivity index (χ1n) is 13.6. The highest BCUT2D eigenvalue weighted by Gasteiger charge is 2.55. The normalized spacial score (nSPS) is 26.6. The predicted molar refractivity (Wildman–Crippen MR) is 149 cm³/mol. The quantitative estimate of drug-likeness (QED) is 0.513. The highest BCUT2D eigenvalue weighted by molar-refractivity contribution is 7.90. The van der Waals surface area contributed by atoms with Crippen molar-refractivity contribution in [2.45, 2.75) is 61.0 Å². The Balaban J connectivity index is 1.33. The van der Waals surface area contributed by atoms with Crippen LogP contribution >= 0.6 is 0 Å². The summed E-state index contributed by atoms with van der Waals surface area (Å²) in [6.07, 6.45) is 8.87. The lowest BCUT2D eigenvalue weighted by Crippen LogP contribution is -2.56. The number of anilines is 1. The lowest BCUT2D eigenvalue weighted by molar-refractivity contribution is -0.116. The fourth-order valence-electron chi connectivity index (χ4n) is 6.51. The zero-order chi connectivity index (χ0) is 26.9. The number of amides is 3. The maximum atomic E-state index is 13.8. The Morgan fingerprint density at radius 2 is 1.82 bits per heavy atom. The smallest absolute Gasteiger partial charge is 0.321 e. The summed E-state index contributed by atoms with van der Waals surface area (Å²) in [4.78, 5) is 37.2. The first-order chi connectivity index (χ1) is 18.2. The minimum atomic E-state index is -1.24. The number of rotatable bonds is 8. The third-order valence-electron chi connectivity index (χ3n) is 9.02. The van der Waals surface area contributed by atoms with Gasteiger partial charge in [0.25, 0.3) is 0 Å². The summed E-state index contributed by atoms with van der Waals surface area (Å²) >= 11 is -1.24. The fourth-order valence-corrected chi connectivity index (χ4v) is 7.01. The Morgan fingerprint density at radius 1 is 1.11 bits per heavy atom. The molecule has 2 saturated carbocycles. The second-order valence-corrected chi connectivity index (χ2v) is 12.8. The number of benzene rings is 1. The molecule has 1 aliphatic heterocycles. The molecule has 0 bridgehead atoms. The number of pyridine rings is 1. The summed E-state index contributed by atoms with van der Waals surface area (Å²) in [5.74, 6) is 0.626. The Kier molecular flexibility index (Phi) is 7.71. The molecule has 1 unspecified atom stereocenters. The van der Waals surface area contributed by atoms with E-state index in [0.717, 1.165) is 32.2 Å². The summed E-state index contributed by atoms with van der Waals surface area (Å²) in [6.45, 7) is 1.33. The standard InChI is InChI=1S/C29H39N5O3S/c1-32(2)29(23-11-5-4-6-12-23)17-15-28(16-18-29)21-33(27(36)34(28)19-22-9-7-10-22)20-25(35)30-24-13-8-14-26(31-24)38(3)37/h4-6,8,11-14,22H,7,9-10,15-21H2,1-3H3,(H,30,31,35)/t28-,29-,38?. The Hall–Kier alpha value is -2.62. The van der Waals surface area contributed by atoms with Crippen LogP contribution in [0.4, 0.5) is 10.6 Å². The second-order valence-electron chi connectivity index (χ2n) is 11.4. The average molecular weight is 538 g/mol. The van der Waals surface area contributed by atoms with Crippen LogP contribution in [0.2, 0.25) is 0 Å². The molecule has 1 atom stereocenters. The van der Waals surface area contributed by atoms with Crippen LogP contribution < -0.4 is 5.32 Å². The van der Waals surface area contributed by atoms with Gasteiger partial charge in [-0.2, -0.15) is 4.98 Å². The van der Waals surface area contributed by atoms with Crippen LogP contribution in [0, 0.1) is 5.92 Å². The molecule has 3 amide bonds. The predicted octanol–water partition coefficient (Wildman–Crippen LogP) is 4.07. The number of carbonyl (C=O) groups is 2. The first-order valence-corrected chi connectivity index (χ1v) is 15.2. The molecule has 1 aromatic carbocycles. The van der Waals surface area contributed by atoms with Crippen molar-refractivity contribution >= 4 is 28.9 Å². The van der Waals surface area contributed by atoms with E-state index in [1.54, 1.807) is 29.4 Å².